The van der Waals surface area contributed by atoms with Gasteiger partial charge in [-0.2, -0.15) is 0 Å². The zero-order chi connectivity index (χ0) is 12.0. The Kier molecular flexibility index (Phi) is 5.01. The number of nitrogens with two attached hydrogens (primary N) is 1. The van der Waals surface area contributed by atoms with E-state index in [1.165, 1.54) is 30.4 Å². The number of rotatable bonds is 3. The van der Waals surface area contributed by atoms with Gasteiger partial charge in [0.2, 0.25) is 0 Å². The van der Waals surface area contributed by atoms with E-state index < -0.39 is 0 Å². The van der Waals surface area contributed by atoms with Crippen molar-refractivity contribution in [1.29, 1.82) is 0 Å². The highest BCUT2D eigenvalue weighted by Crippen LogP contribution is 2.46. The van der Waals surface area contributed by atoms with E-state index >= 15 is 0 Å². The molecule has 2 rings (SSSR count). The van der Waals surface area contributed by atoms with Crippen molar-refractivity contribution in [2.24, 2.45) is 5.73 Å². The summed E-state index contributed by atoms with van der Waals surface area (Å²) >= 11 is 0. The van der Waals surface area contributed by atoms with Crippen LogP contribution in [0.25, 0.3) is 0 Å². The van der Waals surface area contributed by atoms with Crippen molar-refractivity contribution in [3.63, 3.8) is 0 Å². The summed E-state index contributed by atoms with van der Waals surface area (Å²) in [6.07, 6.45) is 5.17. The molecule has 0 aliphatic heterocycles. The van der Waals surface area contributed by atoms with E-state index in [2.05, 4.69) is 31.2 Å². The first-order valence-corrected chi connectivity index (χ1v) is 6.54. The highest BCUT2D eigenvalue weighted by atomic mass is 14.6. The predicted octanol–water partition coefficient (Wildman–Crippen LogP) is 3.79. The van der Waals surface area contributed by atoms with Gasteiger partial charge in [-0.1, -0.05) is 50.1 Å². The molecule has 0 atom stereocenters. The van der Waals surface area contributed by atoms with Gasteiger partial charge in [-0.05, 0) is 43.7 Å². The summed E-state index contributed by atoms with van der Waals surface area (Å²) < 4.78 is 0. The van der Waals surface area contributed by atoms with E-state index in [1.807, 2.05) is 13.8 Å². The molecule has 1 heteroatoms. The monoisotopic (exact) mass is 219 g/mol. The Balaban J connectivity index is 0.000000606. The Morgan fingerprint density at radius 1 is 1.12 bits per heavy atom. The first kappa shape index (κ1) is 13.2. The number of aryl methyl sites for hydroxylation is 1. The highest BCUT2D eigenvalue weighted by molar-refractivity contribution is 5.30. The molecule has 1 nitrogen and oxygen atoms in total. The summed E-state index contributed by atoms with van der Waals surface area (Å²) in [5, 5.41) is 0. The molecule has 0 heterocycles. The van der Waals surface area contributed by atoms with Gasteiger partial charge < -0.3 is 5.73 Å². The number of hydrogen-bond donors (Lipinski definition) is 1. The van der Waals surface area contributed by atoms with Gasteiger partial charge in [0, 0.05) is 0 Å². The minimum atomic E-state index is 0.433. The lowest BCUT2D eigenvalue weighted by molar-refractivity contribution is 0.229. The lowest BCUT2D eigenvalue weighted by atomic mass is 9.62. The van der Waals surface area contributed by atoms with Gasteiger partial charge in [0.25, 0.3) is 0 Å². The smallest absolute Gasteiger partial charge is 0.00350 e. The van der Waals surface area contributed by atoms with Crippen LogP contribution >= 0.6 is 0 Å². The standard InChI is InChI=1S/C13H19N.C2H6/c1-11-3-5-12(6-4-11)13(9-10-14)7-2-8-13;1-2/h3-6H,2,7-10,14H2,1H3;1-2H3. The molecule has 0 aromatic heterocycles. The summed E-state index contributed by atoms with van der Waals surface area (Å²) in [7, 11) is 0. The van der Waals surface area contributed by atoms with Crippen molar-refractivity contribution < 1.29 is 0 Å². The Labute approximate surface area is 100 Å². The third kappa shape index (κ3) is 2.65. The van der Waals surface area contributed by atoms with Gasteiger partial charge in [-0.15, -0.1) is 0 Å². The minimum absolute atomic E-state index is 0.433. The summed E-state index contributed by atoms with van der Waals surface area (Å²) in [6, 6.07) is 8.99. The van der Waals surface area contributed by atoms with Crippen LogP contribution in [0.1, 0.15) is 50.7 Å². The van der Waals surface area contributed by atoms with Crippen LogP contribution in [-0.2, 0) is 5.41 Å². The van der Waals surface area contributed by atoms with E-state index in [0.29, 0.717) is 5.41 Å². The van der Waals surface area contributed by atoms with Gasteiger partial charge in [-0.25, -0.2) is 0 Å². The van der Waals surface area contributed by atoms with Crippen molar-refractivity contribution in [3.8, 4) is 0 Å². The summed E-state index contributed by atoms with van der Waals surface area (Å²) in [4.78, 5) is 0. The summed E-state index contributed by atoms with van der Waals surface area (Å²) in [6.45, 7) is 6.95. The molecule has 2 N–H and O–H groups in total. The molecular formula is C15H25N. The molecule has 1 aromatic rings. The average Bonchev–Trinajstić information content (AvgIpc) is 2.28. The molecule has 0 bridgehead atoms. The molecule has 1 fully saturated rings. The summed E-state index contributed by atoms with van der Waals surface area (Å²) in [5.74, 6) is 0. The van der Waals surface area contributed by atoms with Gasteiger partial charge >= 0.3 is 0 Å². The van der Waals surface area contributed by atoms with E-state index in [0.717, 1.165) is 13.0 Å². The molecule has 90 valence electrons. The second-order valence-corrected chi connectivity index (χ2v) is 4.54. The summed E-state index contributed by atoms with van der Waals surface area (Å²) in [5.41, 5.74) is 8.97. The van der Waals surface area contributed by atoms with Gasteiger partial charge in [-0.3, -0.25) is 0 Å². The lowest BCUT2D eigenvalue weighted by Crippen LogP contribution is -2.36. The van der Waals surface area contributed by atoms with Gasteiger partial charge in [0.05, 0.1) is 0 Å². The molecular weight excluding hydrogens is 194 g/mol. The van der Waals surface area contributed by atoms with Crippen LogP contribution in [0.2, 0.25) is 0 Å². The number of hydrogen-bond acceptors (Lipinski definition) is 1. The van der Waals surface area contributed by atoms with Crippen molar-refractivity contribution >= 4 is 0 Å². The molecule has 0 unspecified atom stereocenters. The quantitative estimate of drug-likeness (QED) is 0.822. The van der Waals surface area contributed by atoms with Crippen LogP contribution in [0.3, 0.4) is 0 Å². The highest BCUT2D eigenvalue weighted by Gasteiger charge is 2.37. The van der Waals surface area contributed by atoms with Crippen LogP contribution in [0.15, 0.2) is 24.3 Å². The molecule has 1 aliphatic carbocycles. The molecule has 0 radical (unpaired) electrons. The first-order chi connectivity index (χ1) is 7.77. The van der Waals surface area contributed by atoms with E-state index in [1.54, 1.807) is 0 Å². The van der Waals surface area contributed by atoms with Crippen LogP contribution in [0.5, 0.6) is 0 Å². The SMILES string of the molecule is CC.Cc1ccc(C2(CCN)CCC2)cc1. The van der Waals surface area contributed by atoms with E-state index in [4.69, 9.17) is 5.73 Å². The van der Waals surface area contributed by atoms with E-state index in [9.17, 15) is 0 Å². The fourth-order valence-electron chi connectivity index (χ4n) is 2.47. The molecule has 0 amide bonds. The largest absolute Gasteiger partial charge is 0.330 e. The molecule has 0 saturated heterocycles. The normalized spacial score (nSPS) is 17.0. The first-order valence-electron chi connectivity index (χ1n) is 6.54. The van der Waals surface area contributed by atoms with Crippen molar-refractivity contribution in [2.75, 3.05) is 6.54 Å². The zero-order valence-corrected chi connectivity index (χ0v) is 10.9. The molecule has 1 aromatic carbocycles. The third-order valence-electron chi connectivity index (χ3n) is 3.60. The van der Waals surface area contributed by atoms with Gasteiger partial charge in [0.1, 0.15) is 0 Å². The molecule has 1 saturated carbocycles. The number of benzene rings is 1. The van der Waals surface area contributed by atoms with Crippen molar-refractivity contribution in [2.45, 2.75) is 51.9 Å². The zero-order valence-electron chi connectivity index (χ0n) is 10.9. The maximum atomic E-state index is 5.69. The van der Waals surface area contributed by atoms with Gasteiger partial charge in [0.15, 0.2) is 0 Å². The molecule has 16 heavy (non-hydrogen) atoms. The third-order valence-corrected chi connectivity index (χ3v) is 3.60. The Morgan fingerprint density at radius 2 is 1.69 bits per heavy atom. The van der Waals surface area contributed by atoms with Crippen LogP contribution < -0.4 is 5.73 Å². The van der Waals surface area contributed by atoms with Crippen molar-refractivity contribution in [1.82, 2.24) is 0 Å². The maximum Gasteiger partial charge on any atom is -0.00350 e. The van der Waals surface area contributed by atoms with Crippen LogP contribution in [0, 0.1) is 6.92 Å². The fourth-order valence-corrected chi connectivity index (χ4v) is 2.47. The van der Waals surface area contributed by atoms with Crippen LogP contribution in [0.4, 0.5) is 0 Å². The molecule has 1 aliphatic rings. The Hall–Kier alpha value is -0.820. The second-order valence-electron chi connectivity index (χ2n) is 4.54. The van der Waals surface area contributed by atoms with E-state index in [-0.39, 0.29) is 0 Å². The Bertz CT molecular complexity index is 296. The topological polar surface area (TPSA) is 26.0 Å². The second kappa shape index (κ2) is 6.05. The van der Waals surface area contributed by atoms with Crippen LogP contribution in [-0.4, -0.2) is 6.54 Å². The fraction of sp³-hybridized carbons (Fsp3) is 0.600. The maximum absolute atomic E-state index is 5.69. The minimum Gasteiger partial charge on any atom is -0.330 e. The van der Waals surface area contributed by atoms with Crippen molar-refractivity contribution in [3.05, 3.63) is 35.4 Å². The predicted molar refractivity (Wildman–Crippen MR) is 71.7 cm³/mol. The average molecular weight is 219 g/mol. The molecule has 0 spiro atoms. The lowest BCUT2D eigenvalue weighted by Gasteiger charge is -2.42. The Morgan fingerprint density at radius 3 is 2.06 bits per heavy atom.